The molecule has 0 saturated carbocycles. The standard InChI is InChI=1S/C64H125NO5/c1-3-5-7-9-11-13-15-17-19-21-26-30-34-38-42-46-50-54-58-64(69)70-59-55-51-47-43-39-35-31-27-24-22-23-25-29-33-37-41-45-49-53-57-63(68)65-61(60-66)62(67)56-52-48-44-40-36-32-28-20-18-16-14-12-10-8-6-4-2/h19,21,61-62,66-67H,3-18,20,22-60H2,1-2H3,(H,65,68)/b21-19-. The molecule has 0 rings (SSSR count). The van der Waals surface area contributed by atoms with Crippen LogP contribution in [-0.2, 0) is 14.3 Å². The molecule has 0 aromatic heterocycles. The van der Waals surface area contributed by atoms with Crippen molar-refractivity contribution in [2.45, 2.75) is 373 Å². The largest absolute Gasteiger partial charge is 0.466 e. The third-order valence-electron chi connectivity index (χ3n) is 15.1. The maximum Gasteiger partial charge on any atom is 0.305 e. The second-order valence-corrected chi connectivity index (χ2v) is 22.1. The van der Waals surface area contributed by atoms with Crippen LogP contribution in [0.25, 0.3) is 0 Å². The van der Waals surface area contributed by atoms with Gasteiger partial charge in [0.1, 0.15) is 0 Å². The Balaban J connectivity index is 3.38. The van der Waals surface area contributed by atoms with Crippen molar-refractivity contribution < 1.29 is 24.5 Å². The van der Waals surface area contributed by atoms with E-state index in [1.807, 2.05) is 0 Å². The number of aliphatic hydroxyl groups excluding tert-OH is 2. The first-order chi connectivity index (χ1) is 34.5. The molecule has 70 heavy (non-hydrogen) atoms. The Bertz CT molecular complexity index is 1050. The summed E-state index contributed by atoms with van der Waals surface area (Å²) < 4.78 is 5.50. The summed E-state index contributed by atoms with van der Waals surface area (Å²) in [6.45, 7) is 4.97. The van der Waals surface area contributed by atoms with Gasteiger partial charge >= 0.3 is 5.97 Å². The molecule has 0 radical (unpaired) electrons. The van der Waals surface area contributed by atoms with Gasteiger partial charge in [0.15, 0.2) is 0 Å². The quantitative estimate of drug-likeness (QED) is 0.0321. The molecule has 2 atom stereocenters. The summed E-state index contributed by atoms with van der Waals surface area (Å²) >= 11 is 0. The van der Waals surface area contributed by atoms with Gasteiger partial charge in [-0.25, -0.2) is 0 Å². The molecule has 0 fully saturated rings. The second kappa shape index (κ2) is 60.2. The first kappa shape index (κ1) is 68.6. The highest BCUT2D eigenvalue weighted by Crippen LogP contribution is 2.18. The van der Waals surface area contributed by atoms with Crippen LogP contribution in [0, 0.1) is 0 Å². The number of aliphatic hydroxyl groups is 2. The average molecular weight is 989 g/mol. The van der Waals surface area contributed by atoms with E-state index in [1.54, 1.807) is 0 Å². The average Bonchev–Trinajstić information content (AvgIpc) is 3.36. The maximum atomic E-state index is 12.5. The number of unbranched alkanes of at least 4 members (excludes halogenated alkanes) is 47. The van der Waals surface area contributed by atoms with Crippen LogP contribution in [0.15, 0.2) is 12.2 Å². The Morgan fingerprint density at radius 2 is 0.671 bits per heavy atom. The van der Waals surface area contributed by atoms with Gasteiger partial charge in [0, 0.05) is 12.8 Å². The van der Waals surface area contributed by atoms with E-state index in [-0.39, 0.29) is 18.5 Å². The molecule has 0 heterocycles. The summed E-state index contributed by atoms with van der Waals surface area (Å²) in [4.78, 5) is 24.6. The van der Waals surface area contributed by atoms with Gasteiger partial charge < -0.3 is 20.3 Å². The zero-order valence-corrected chi connectivity index (χ0v) is 47.5. The van der Waals surface area contributed by atoms with Crippen LogP contribution in [0.3, 0.4) is 0 Å². The Hall–Kier alpha value is -1.40. The highest BCUT2D eigenvalue weighted by molar-refractivity contribution is 5.76. The topological polar surface area (TPSA) is 95.9 Å². The van der Waals surface area contributed by atoms with Gasteiger partial charge in [-0.3, -0.25) is 9.59 Å². The van der Waals surface area contributed by atoms with Gasteiger partial charge in [0.2, 0.25) is 5.91 Å². The predicted octanol–water partition coefficient (Wildman–Crippen LogP) is 20.0. The number of amides is 1. The Labute approximate surface area is 438 Å². The molecule has 3 N–H and O–H groups in total. The van der Waals surface area contributed by atoms with Gasteiger partial charge in [-0.2, -0.15) is 0 Å². The van der Waals surface area contributed by atoms with Crippen molar-refractivity contribution in [1.82, 2.24) is 5.32 Å². The number of hydrogen-bond acceptors (Lipinski definition) is 5. The van der Waals surface area contributed by atoms with Crippen LogP contribution in [0.5, 0.6) is 0 Å². The molecule has 1 amide bonds. The summed E-state index contributed by atoms with van der Waals surface area (Å²) in [6, 6.07) is -0.543. The van der Waals surface area contributed by atoms with Gasteiger partial charge in [0.25, 0.3) is 0 Å². The number of ether oxygens (including phenoxy) is 1. The van der Waals surface area contributed by atoms with Crippen molar-refractivity contribution in [3.05, 3.63) is 12.2 Å². The monoisotopic (exact) mass is 988 g/mol. The lowest BCUT2D eigenvalue weighted by atomic mass is 10.0. The van der Waals surface area contributed by atoms with E-state index in [0.29, 0.717) is 25.9 Å². The van der Waals surface area contributed by atoms with Gasteiger partial charge in [-0.15, -0.1) is 0 Å². The smallest absolute Gasteiger partial charge is 0.305 e. The molecule has 0 bridgehead atoms. The normalized spacial score (nSPS) is 12.6. The van der Waals surface area contributed by atoms with Crippen molar-refractivity contribution in [3.63, 3.8) is 0 Å². The molecule has 0 aliphatic heterocycles. The van der Waals surface area contributed by atoms with Gasteiger partial charge in [-0.1, -0.05) is 309 Å². The van der Waals surface area contributed by atoms with Crippen LogP contribution in [0.1, 0.15) is 361 Å². The van der Waals surface area contributed by atoms with Crippen molar-refractivity contribution in [2.75, 3.05) is 13.2 Å². The summed E-state index contributed by atoms with van der Waals surface area (Å²) in [5.41, 5.74) is 0. The first-order valence-corrected chi connectivity index (χ1v) is 31.9. The minimum absolute atomic E-state index is 0.00714. The SMILES string of the molecule is CCCCCCCCC/C=C\CCCCCCCCCC(=O)OCCCCCCCCCCCCCCCCCCCCCC(=O)NC(CO)C(O)CCCCCCCCCCCCCCCCCC. The van der Waals surface area contributed by atoms with E-state index in [9.17, 15) is 19.8 Å². The summed E-state index contributed by atoms with van der Waals surface area (Å²) in [7, 11) is 0. The molecule has 0 saturated heterocycles. The van der Waals surface area contributed by atoms with E-state index >= 15 is 0 Å². The number of allylic oxidation sites excluding steroid dienone is 2. The maximum absolute atomic E-state index is 12.5. The number of carbonyl (C=O) groups is 2. The van der Waals surface area contributed by atoms with Crippen LogP contribution in [-0.4, -0.2) is 47.4 Å². The van der Waals surface area contributed by atoms with E-state index in [0.717, 1.165) is 44.9 Å². The number of rotatable bonds is 60. The minimum atomic E-state index is -0.666. The number of esters is 1. The molecule has 0 aromatic rings. The summed E-state index contributed by atoms with van der Waals surface area (Å²) in [6.07, 6.45) is 72.2. The zero-order chi connectivity index (χ0) is 50.7. The Morgan fingerprint density at radius 3 is 1.01 bits per heavy atom. The molecule has 6 heteroatoms. The lowest BCUT2D eigenvalue weighted by Crippen LogP contribution is -2.45. The van der Waals surface area contributed by atoms with Gasteiger partial charge in [-0.05, 0) is 51.4 Å². The fraction of sp³-hybridized carbons (Fsp3) is 0.938. The third kappa shape index (κ3) is 55.9. The molecule has 0 aliphatic carbocycles. The molecular weight excluding hydrogens is 863 g/mol. The van der Waals surface area contributed by atoms with Crippen LogP contribution in [0.2, 0.25) is 0 Å². The number of carbonyl (C=O) groups excluding carboxylic acids is 2. The van der Waals surface area contributed by atoms with Crippen LogP contribution in [0.4, 0.5) is 0 Å². The highest BCUT2D eigenvalue weighted by Gasteiger charge is 2.20. The van der Waals surface area contributed by atoms with Crippen molar-refractivity contribution in [2.24, 2.45) is 0 Å². The summed E-state index contributed by atoms with van der Waals surface area (Å²) in [5, 5.41) is 23.3. The van der Waals surface area contributed by atoms with Crippen molar-refractivity contribution in [1.29, 1.82) is 0 Å². The minimum Gasteiger partial charge on any atom is -0.466 e. The Kier molecular flexibility index (Phi) is 59.0. The van der Waals surface area contributed by atoms with E-state index in [4.69, 9.17) is 4.74 Å². The first-order valence-electron chi connectivity index (χ1n) is 31.9. The third-order valence-corrected chi connectivity index (χ3v) is 15.1. The Morgan fingerprint density at radius 1 is 0.386 bits per heavy atom. The van der Waals surface area contributed by atoms with Crippen LogP contribution < -0.4 is 5.32 Å². The lowest BCUT2D eigenvalue weighted by Gasteiger charge is -2.22. The second-order valence-electron chi connectivity index (χ2n) is 22.1. The molecule has 0 aromatic carbocycles. The number of hydrogen-bond donors (Lipinski definition) is 3. The molecule has 0 spiro atoms. The lowest BCUT2D eigenvalue weighted by molar-refractivity contribution is -0.143. The predicted molar refractivity (Wildman–Crippen MR) is 306 cm³/mol. The number of nitrogens with one attached hydrogen (secondary N) is 1. The van der Waals surface area contributed by atoms with Crippen molar-refractivity contribution >= 4 is 11.9 Å². The van der Waals surface area contributed by atoms with E-state index in [1.165, 1.54) is 283 Å². The molecule has 0 aliphatic rings. The molecule has 6 nitrogen and oxygen atoms in total. The van der Waals surface area contributed by atoms with Crippen molar-refractivity contribution in [3.8, 4) is 0 Å². The van der Waals surface area contributed by atoms with E-state index in [2.05, 4.69) is 31.3 Å². The molecule has 416 valence electrons. The molecular formula is C64H125NO5. The zero-order valence-electron chi connectivity index (χ0n) is 47.5. The van der Waals surface area contributed by atoms with Gasteiger partial charge in [0.05, 0.1) is 25.4 Å². The molecule has 2 unspecified atom stereocenters. The fourth-order valence-corrected chi connectivity index (χ4v) is 10.2. The summed E-state index contributed by atoms with van der Waals surface area (Å²) in [5.74, 6) is -0.0278. The highest BCUT2D eigenvalue weighted by atomic mass is 16.5. The van der Waals surface area contributed by atoms with Crippen LogP contribution >= 0.6 is 0 Å². The fourth-order valence-electron chi connectivity index (χ4n) is 10.2. The van der Waals surface area contributed by atoms with E-state index < -0.39 is 12.1 Å².